The fourth-order valence-corrected chi connectivity index (χ4v) is 1.53. The van der Waals surface area contributed by atoms with E-state index in [9.17, 15) is 0 Å². The molecule has 0 atom stereocenters. The lowest BCUT2D eigenvalue weighted by Crippen LogP contribution is -1.83. The van der Waals surface area contributed by atoms with Gasteiger partial charge in [-0.1, -0.05) is 42.5 Å². The molecule has 2 N–H and O–H groups in total. The summed E-state index contributed by atoms with van der Waals surface area (Å²) in [5.74, 6) is 0. The Kier molecular flexibility index (Phi) is 4.64. The second-order valence-electron chi connectivity index (χ2n) is 3.80. The Labute approximate surface area is 112 Å². The van der Waals surface area contributed by atoms with Gasteiger partial charge in [0.25, 0.3) is 0 Å². The molecule has 0 fully saturated rings. The zero-order valence-corrected chi connectivity index (χ0v) is 10.4. The van der Waals surface area contributed by atoms with E-state index < -0.39 is 0 Å². The van der Waals surface area contributed by atoms with Crippen LogP contribution in [0.3, 0.4) is 0 Å². The lowest BCUT2D eigenvalue weighted by Gasteiger charge is -2.00. The van der Waals surface area contributed by atoms with Gasteiger partial charge in [-0.2, -0.15) is 0 Å². The van der Waals surface area contributed by atoms with E-state index in [4.69, 9.17) is 5.73 Å². The summed E-state index contributed by atoms with van der Waals surface area (Å²) in [4.78, 5) is 0. The standard InChI is InChI=1S/C12H11N.C4H4O2/c13-12-8-6-11(7-9-12)10-4-2-1-3-5-10;1-2-6-4-3-5-1/h1-9H,13H2;1-4H. The summed E-state index contributed by atoms with van der Waals surface area (Å²) in [6.07, 6.45) is 5.83. The van der Waals surface area contributed by atoms with E-state index in [-0.39, 0.29) is 0 Å². The highest BCUT2D eigenvalue weighted by molar-refractivity contribution is 5.65. The third-order valence-electron chi connectivity index (χ3n) is 2.44. The Bertz CT molecular complexity index is 525. The van der Waals surface area contributed by atoms with Gasteiger partial charge in [-0.3, -0.25) is 0 Å². The summed E-state index contributed by atoms with van der Waals surface area (Å²) in [5.41, 5.74) is 8.84. The molecule has 0 unspecified atom stereocenters. The predicted octanol–water partition coefficient (Wildman–Crippen LogP) is 3.91. The van der Waals surface area contributed by atoms with Gasteiger partial charge in [-0.15, -0.1) is 0 Å². The number of ether oxygens (including phenoxy) is 2. The van der Waals surface area contributed by atoms with Crippen LogP contribution in [0.15, 0.2) is 79.6 Å². The van der Waals surface area contributed by atoms with Gasteiger partial charge >= 0.3 is 0 Å². The third-order valence-corrected chi connectivity index (χ3v) is 2.44. The van der Waals surface area contributed by atoms with Crippen molar-refractivity contribution < 1.29 is 9.47 Å². The van der Waals surface area contributed by atoms with Crippen molar-refractivity contribution >= 4 is 5.69 Å². The van der Waals surface area contributed by atoms with Crippen molar-refractivity contribution in [3.63, 3.8) is 0 Å². The molecule has 0 saturated heterocycles. The van der Waals surface area contributed by atoms with Gasteiger partial charge in [0.1, 0.15) is 25.0 Å². The lowest BCUT2D eigenvalue weighted by atomic mass is 10.1. The second-order valence-corrected chi connectivity index (χ2v) is 3.80. The normalized spacial score (nSPS) is 11.8. The van der Waals surface area contributed by atoms with Gasteiger partial charge in [-0.25, -0.2) is 0 Å². The van der Waals surface area contributed by atoms with E-state index in [1.807, 2.05) is 42.5 Å². The average molecular weight is 253 g/mol. The highest BCUT2D eigenvalue weighted by atomic mass is 16.5. The maximum Gasteiger partial charge on any atom is 0.125 e. The molecular formula is C16H15NO2. The first-order valence-electron chi connectivity index (χ1n) is 5.88. The molecule has 1 aliphatic heterocycles. The van der Waals surface area contributed by atoms with E-state index in [1.165, 1.54) is 36.2 Å². The smallest absolute Gasteiger partial charge is 0.125 e. The maximum absolute atomic E-state index is 5.60. The number of hydrogen-bond acceptors (Lipinski definition) is 3. The van der Waals surface area contributed by atoms with Crippen LogP contribution in [-0.4, -0.2) is 0 Å². The zero-order valence-electron chi connectivity index (χ0n) is 10.4. The second kappa shape index (κ2) is 6.91. The Balaban J connectivity index is 0.000000186. The fraction of sp³-hybridized carbons (Fsp3) is 0. The number of nitrogen functional groups attached to an aromatic ring is 1. The number of benzene rings is 2. The topological polar surface area (TPSA) is 44.5 Å². The lowest BCUT2D eigenvalue weighted by molar-refractivity contribution is 0.290. The molecule has 3 nitrogen and oxygen atoms in total. The SMILES string of the molecule is C1=COC=CO1.Nc1ccc(-c2ccccc2)cc1. The molecule has 2 aromatic carbocycles. The van der Waals surface area contributed by atoms with Crippen molar-refractivity contribution in [1.29, 1.82) is 0 Å². The Hall–Kier alpha value is -2.68. The fourth-order valence-electron chi connectivity index (χ4n) is 1.53. The van der Waals surface area contributed by atoms with Crippen molar-refractivity contribution in [2.24, 2.45) is 0 Å². The average Bonchev–Trinajstić information content (AvgIpc) is 2.51. The predicted molar refractivity (Wildman–Crippen MR) is 76.7 cm³/mol. The van der Waals surface area contributed by atoms with Crippen LogP contribution in [0.1, 0.15) is 0 Å². The molecule has 96 valence electrons. The van der Waals surface area contributed by atoms with Gasteiger partial charge < -0.3 is 15.2 Å². The minimum atomic E-state index is 0.805. The molecular weight excluding hydrogens is 238 g/mol. The molecule has 19 heavy (non-hydrogen) atoms. The van der Waals surface area contributed by atoms with Gasteiger partial charge in [0.15, 0.2) is 0 Å². The number of hydrogen-bond donors (Lipinski definition) is 1. The summed E-state index contributed by atoms with van der Waals surface area (Å²) >= 11 is 0. The minimum absolute atomic E-state index is 0.805. The molecule has 0 bridgehead atoms. The highest BCUT2D eigenvalue weighted by Crippen LogP contribution is 2.19. The molecule has 3 rings (SSSR count). The molecule has 0 saturated carbocycles. The summed E-state index contributed by atoms with van der Waals surface area (Å²) in [5, 5.41) is 0. The molecule has 1 aliphatic rings. The molecule has 0 aliphatic carbocycles. The van der Waals surface area contributed by atoms with Crippen LogP contribution in [-0.2, 0) is 9.47 Å². The summed E-state index contributed by atoms with van der Waals surface area (Å²) in [6, 6.07) is 18.2. The van der Waals surface area contributed by atoms with Crippen LogP contribution in [0.2, 0.25) is 0 Å². The quantitative estimate of drug-likeness (QED) is 0.783. The van der Waals surface area contributed by atoms with Gasteiger partial charge in [-0.05, 0) is 23.3 Å². The van der Waals surface area contributed by atoms with Crippen molar-refractivity contribution in [3.05, 3.63) is 79.6 Å². The minimum Gasteiger partial charge on any atom is -0.466 e. The van der Waals surface area contributed by atoms with Crippen LogP contribution in [0.4, 0.5) is 5.69 Å². The number of nitrogens with two attached hydrogens (primary N) is 1. The van der Waals surface area contributed by atoms with E-state index >= 15 is 0 Å². The Morgan fingerprint density at radius 2 is 1.05 bits per heavy atom. The van der Waals surface area contributed by atoms with Crippen molar-refractivity contribution in [2.75, 3.05) is 5.73 Å². The molecule has 1 heterocycles. The summed E-state index contributed by atoms with van der Waals surface area (Å²) < 4.78 is 9.17. The van der Waals surface area contributed by atoms with Gasteiger partial charge in [0, 0.05) is 5.69 Å². The Morgan fingerprint density at radius 3 is 1.53 bits per heavy atom. The Morgan fingerprint density at radius 1 is 0.579 bits per heavy atom. The van der Waals surface area contributed by atoms with Crippen LogP contribution in [0.25, 0.3) is 11.1 Å². The number of anilines is 1. The molecule has 0 radical (unpaired) electrons. The monoisotopic (exact) mass is 253 g/mol. The van der Waals surface area contributed by atoms with Crippen LogP contribution in [0.5, 0.6) is 0 Å². The van der Waals surface area contributed by atoms with Crippen LogP contribution >= 0.6 is 0 Å². The van der Waals surface area contributed by atoms with Crippen LogP contribution < -0.4 is 5.73 Å². The van der Waals surface area contributed by atoms with E-state index in [1.54, 1.807) is 0 Å². The van der Waals surface area contributed by atoms with Crippen LogP contribution in [0, 0.1) is 0 Å². The summed E-state index contributed by atoms with van der Waals surface area (Å²) in [7, 11) is 0. The first-order chi connectivity index (χ1) is 9.36. The van der Waals surface area contributed by atoms with E-state index in [0.717, 1.165) is 5.69 Å². The van der Waals surface area contributed by atoms with E-state index in [2.05, 4.69) is 21.6 Å². The highest BCUT2D eigenvalue weighted by Gasteiger charge is 1.94. The van der Waals surface area contributed by atoms with Gasteiger partial charge in [0.05, 0.1) is 0 Å². The molecule has 0 spiro atoms. The number of rotatable bonds is 1. The van der Waals surface area contributed by atoms with E-state index in [0.29, 0.717) is 0 Å². The first kappa shape index (κ1) is 12.8. The summed E-state index contributed by atoms with van der Waals surface area (Å²) in [6.45, 7) is 0. The van der Waals surface area contributed by atoms with Crippen molar-refractivity contribution in [1.82, 2.24) is 0 Å². The molecule has 0 amide bonds. The van der Waals surface area contributed by atoms with Crippen molar-refractivity contribution in [3.8, 4) is 11.1 Å². The molecule has 2 aromatic rings. The zero-order chi connectivity index (χ0) is 13.3. The largest absolute Gasteiger partial charge is 0.466 e. The molecule has 3 heteroatoms. The maximum atomic E-state index is 5.60. The third kappa shape index (κ3) is 4.24. The molecule has 0 aromatic heterocycles. The van der Waals surface area contributed by atoms with Crippen molar-refractivity contribution in [2.45, 2.75) is 0 Å². The van der Waals surface area contributed by atoms with Gasteiger partial charge in [0.2, 0.25) is 0 Å². The first-order valence-corrected chi connectivity index (χ1v) is 5.88.